The summed E-state index contributed by atoms with van der Waals surface area (Å²) in [5, 5.41) is 18.0. The minimum atomic E-state index is -1.47. The van der Waals surface area contributed by atoms with Crippen LogP contribution in [0.4, 0.5) is 17.1 Å². The molecular formula is C22H17NO4. The highest BCUT2D eigenvalue weighted by Crippen LogP contribution is 2.34. The molecule has 0 aliphatic heterocycles. The minimum Gasteiger partial charge on any atom is -0.477 e. The van der Waals surface area contributed by atoms with E-state index in [0.29, 0.717) is 5.56 Å². The first-order valence-electron chi connectivity index (χ1n) is 8.25. The van der Waals surface area contributed by atoms with Crippen molar-refractivity contribution in [2.24, 2.45) is 0 Å². The molecule has 0 heterocycles. The zero-order chi connectivity index (χ0) is 19.2. The third-order valence-electron chi connectivity index (χ3n) is 3.95. The molecule has 5 nitrogen and oxygen atoms in total. The second-order valence-corrected chi connectivity index (χ2v) is 5.77. The van der Waals surface area contributed by atoms with E-state index in [0.717, 1.165) is 23.1 Å². The Bertz CT molecular complexity index is 909. The lowest BCUT2D eigenvalue weighted by atomic mass is 10.1. The van der Waals surface area contributed by atoms with Gasteiger partial charge in [-0.25, -0.2) is 9.59 Å². The first kappa shape index (κ1) is 17.9. The average molecular weight is 359 g/mol. The van der Waals surface area contributed by atoms with E-state index in [1.807, 2.05) is 72.8 Å². The molecule has 0 unspecified atom stereocenters. The second kappa shape index (κ2) is 8.01. The molecule has 0 bridgehead atoms. The molecule has 134 valence electrons. The number of nitrogens with zero attached hydrogens (tertiary/aromatic N) is 1. The topological polar surface area (TPSA) is 77.8 Å². The van der Waals surface area contributed by atoms with Crippen molar-refractivity contribution < 1.29 is 19.8 Å². The van der Waals surface area contributed by atoms with E-state index in [1.54, 1.807) is 12.1 Å². The number of aliphatic carboxylic acids is 2. The fraction of sp³-hybridized carbons (Fsp3) is 0. The van der Waals surface area contributed by atoms with Crippen molar-refractivity contribution in [1.29, 1.82) is 0 Å². The van der Waals surface area contributed by atoms with Gasteiger partial charge in [0.25, 0.3) is 0 Å². The van der Waals surface area contributed by atoms with E-state index in [4.69, 9.17) is 10.2 Å². The number of carboxylic acid groups (broad SMARTS) is 2. The molecule has 0 spiro atoms. The Labute approximate surface area is 156 Å². The molecule has 0 atom stereocenters. The minimum absolute atomic E-state index is 0.500. The quantitative estimate of drug-likeness (QED) is 0.379. The maximum Gasteiger partial charge on any atom is 0.343 e. The lowest BCUT2D eigenvalue weighted by Crippen LogP contribution is -2.11. The molecule has 3 aromatic rings. The van der Waals surface area contributed by atoms with Crippen LogP contribution in [0.1, 0.15) is 5.56 Å². The largest absolute Gasteiger partial charge is 0.477 e. The van der Waals surface area contributed by atoms with Crippen molar-refractivity contribution in [3.05, 3.63) is 96.1 Å². The fourth-order valence-corrected chi connectivity index (χ4v) is 2.70. The van der Waals surface area contributed by atoms with Crippen molar-refractivity contribution >= 4 is 35.1 Å². The summed E-state index contributed by atoms with van der Waals surface area (Å²) in [7, 11) is 0. The number of hydrogen-bond donors (Lipinski definition) is 2. The summed E-state index contributed by atoms with van der Waals surface area (Å²) in [5.41, 5.74) is 2.65. The highest BCUT2D eigenvalue weighted by atomic mass is 16.4. The molecule has 27 heavy (non-hydrogen) atoms. The van der Waals surface area contributed by atoms with Crippen LogP contribution in [0, 0.1) is 0 Å². The van der Waals surface area contributed by atoms with Gasteiger partial charge in [0.2, 0.25) is 0 Å². The molecule has 0 fully saturated rings. The molecule has 0 aromatic heterocycles. The van der Waals surface area contributed by atoms with E-state index in [2.05, 4.69) is 4.90 Å². The predicted molar refractivity (Wildman–Crippen MR) is 104 cm³/mol. The number of carbonyl (C=O) groups is 2. The first-order valence-corrected chi connectivity index (χ1v) is 8.25. The van der Waals surface area contributed by atoms with Gasteiger partial charge in [-0.05, 0) is 48.0 Å². The summed E-state index contributed by atoms with van der Waals surface area (Å²) in [6.07, 6.45) is 1.14. The number of benzene rings is 3. The van der Waals surface area contributed by atoms with Gasteiger partial charge in [0.15, 0.2) is 0 Å². The van der Waals surface area contributed by atoms with Gasteiger partial charge in [-0.15, -0.1) is 0 Å². The van der Waals surface area contributed by atoms with E-state index >= 15 is 0 Å². The molecule has 0 radical (unpaired) electrons. The SMILES string of the molecule is O=C(O)C(=Cc1ccc(N(c2ccccc2)c2ccccc2)cc1)C(=O)O. The highest BCUT2D eigenvalue weighted by Gasteiger charge is 2.16. The monoisotopic (exact) mass is 359 g/mol. The van der Waals surface area contributed by atoms with Crippen LogP contribution in [0.5, 0.6) is 0 Å². The number of hydrogen-bond acceptors (Lipinski definition) is 3. The molecule has 3 aromatic carbocycles. The maximum absolute atomic E-state index is 11.0. The number of carboxylic acids is 2. The van der Waals surface area contributed by atoms with Crippen molar-refractivity contribution in [3.63, 3.8) is 0 Å². The van der Waals surface area contributed by atoms with Crippen LogP contribution in [-0.2, 0) is 9.59 Å². The summed E-state index contributed by atoms with van der Waals surface area (Å²) >= 11 is 0. The Balaban J connectivity index is 2.01. The molecular weight excluding hydrogens is 342 g/mol. The Morgan fingerprint density at radius 2 is 1.04 bits per heavy atom. The van der Waals surface area contributed by atoms with Crippen LogP contribution >= 0.6 is 0 Å². The summed E-state index contributed by atoms with van der Waals surface area (Å²) in [4.78, 5) is 24.1. The van der Waals surface area contributed by atoms with Crippen LogP contribution in [0.25, 0.3) is 6.08 Å². The number of rotatable bonds is 6. The summed E-state index contributed by atoms with van der Waals surface area (Å²) in [6.45, 7) is 0. The Morgan fingerprint density at radius 1 is 0.630 bits per heavy atom. The van der Waals surface area contributed by atoms with Gasteiger partial charge < -0.3 is 15.1 Å². The van der Waals surface area contributed by atoms with Crippen molar-refractivity contribution in [2.45, 2.75) is 0 Å². The normalized spacial score (nSPS) is 10.1. The van der Waals surface area contributed by atoms with Crippen molar-refractivity contribution in [2.75, 3.05) is 4.90 Å². The zero-order valence-electron chi connectivity index (χ0n) is 14.3. The van der Waals surface area contributed by atoms with E-state index in [-0.39, 0.29) is 0 Å². The standard InChI is InChI=1S/C22H17NO4/c24-21(25)20(22(26)27)15-16-11-13-19(14-12-16)23(17-7-3-1-4-8-17)18-9-5-2-6-10-18/h1-15H,(H,24,25)(H,26,27). The summed E-state index contributed by atoms with van der Waals surface area (Å²) < 4.78 is 0. The van der Waals surface area contributed by atoms with Crippen molar-refractivity contribution in [3.8, 4) is 0 Å². The molecule has 0 aliphatic carbocycles. The Morgan fingerprint density at radius 3 is 1.44 bits per heavy atom. The highest BCUT2D eigenvalue weighted by molar-refractivity contribution is 6.16. The zero-order valence-corrected chi connectivity index (χ0v) is 14.3. The van der Waals surface area contributed by atoms with Crippen molar-refractivity contribution in [1.82, 2.24) is 0 Å². The molecule has 0 amide bonds. The van der Waals surface area contributed by atoms with E-state index in [1.165, 1.54) is 0 Å². The molecule has 0 aliphatic rings. The molecule has 2 N–H and O–H groups in total. The van der Waals surface area contributed by atoms with Gasteiger partial charge in [-0.3, -0.25) is 0 Å². The predicted octanol–water partition coefficient (Wildman–Crippen LogP) is 4.71. The first-order chi connectivity index (χ1) is 13.1. The summed E-state index contributed by atoms with van der Waals surface area (Å²) in [6, 6.07) is 26.7. The van der Waals surface area contributed by atoms with Crippen LogP contribution in [0.3, 0.4) is 0 Å². The van der Waals surface area contributed by atoms with E-state index in [9.17, 15) is 9.59 Å². The van der Waals surface area contributed by atoms with Crippen LogP contribution in [0.15, 0.2) is 90.5 Å². The molecule has 3 rings (SSSR count). The number of anilines is 3. The lowest BCUT2D eigenvalue weighted by Gasteiger charge is -2.25. The third kappa shape index (κ3) is 4.22. The van der Waals surface area contributed by atoms with Crippen LogP contribution < -0.4 is 4.90 Å². The molecule has 0 saturated heterocycles. The van der Waals surface area contributed by atoms with E-state index < -0.39 is 17.5 Å². The Kier molecular flexibility index (Phi) is 5.33. The van der Waals surface area contributed by atoms with Gasteiger partial charge in [0, 0.05) is 17.1 Å². The molecule has 0 saturated carbocycles. The van der Waals surface area contributed by atoms with Gasteiger partial charge >= 0.3 is 11.9 Å². The average Bonchev–Trinajstić information content (AvgIpc) is 2.68. The lowest BCUT2D eigenvalue weighted by molar-refractivity contribution is -0.140. The maximum atomic E-state index is 11.0. The Hall–Kier alpha value is -3.86. The molecule has 5 heteroatoms. The van der Waals surface area contributed by atoms with Gasteiger partial charge in [-0.2, -0.15) is 0 Å². The summed E-state index contributed by atoms with van der Waals surface area (Å²) in [5.74, 6) is -2.94. The van der Waals surface area contributed by atoms with Crippen LogP contribution in [0.2, 0.25) is 0 Å². The number of para-hydroxylation sites is 2. The second-order valence-electron chi connectivity index (χ2n) is 5.77. The smallest absolute Gasteiger partial charge is 0.343 e. The van der Waals surface area contributed by atoms with Crippen LogP contribution in [-0.4, -0.2) is 22.2 Å². The van der Waals surface area contributed by atoms with Gasteiger partial charge in [0.1, 0.15) is 5.57 Å². The fourth-order valence-electron chi connectivity index (χ4n) is 2.70. The van der Waals surface area contributed by atoms with Gasteiger partial charge in [-0.1, -0.05) is 48.5 Å². The van der Waals surface area contributed by atoms with Gasteiger partial charge in [0.05, 0.1) is 0 Å². The third-order valence-corrected chi connectivity index (χ3v) is 3.95.